The Bertz CT molecular complexity index is 1110. The summed E-state index contributed by atoms with van der Waals surface area (Å²) in [5, 5.41) is 11.2. The Hall–Kier alpha value is -3.30. The van der Waals surface area contributed by atoms with Crippen molar-refractivity contribution in [2.75, 3.05) is 33.4 Å². The summed E-state index contributed by atoms with van der Waals surface area (Å²) in [6.07, 6.45) is 1.67. The first kappa shape index (κ1) is 23.8. The van der Waals surface area contributed by atoms with Crippen LogP contribution in [-0.4, -0.2) is 71.2 Å². The number of nitrogens with zero attached hydrogens (tertiary/aromatic N) is 4. The standard InChI is InChI=1S/C25H31N5O4/c1-18-9-11-19(12-10-18)24(25(32)26-13-15-33-2)29(16-20-6-5-14-34-20)23(31)17-30-22-8-4-3-7-21(22)27-28-30/h3-4,7-12,20,24H,5-6,13-17H2,1-2H3,(H,26,32)/t20-,24-/m1/s1. The number of aryl methyl sites for hydroxylation is 1. The number of ether oxygens (including phenoxy) is 2. The quantitative estimate of drug-likeness (QED) is 0.461. The summed E-state index contributed by atoms with van der Waals surface area (Å²) < 4.78 is 12.5. The van der Waals surface area contributed by atoms with Gasteiger partial charge in [-0.2, -0.15) is 0 Å². The molecule has 180 valence electrons. The first-order chi connectivity index (χ1) is 16.6. The highest BCUT2D eigenvalue weighted by Gasteiger charge is 2.34. The molecule has 0 radical (unpaired) electrons. The molecule has 2 amide bonds. The highest BCUT2D eigenvalue weighted by Crippen LogP contribution is 2.26. The molecule has 0 bridgehead atoms. The molecule has 4 rings (SSSR count). The summed E-state index contributed by atoms with van der Waals surface area (Å²) >= 11 is 0. The summed E-state index contributed by atoms with van der Waals surface area (Å²) in [4.78, 5) is 28.8. The van der Waals surface area contributed by atoms with Gasteiger partial charge in [0.1, 0.15) is 18.1 Å². The number of aromatic nitrogens is 3. The number of para-hydroxylation sites is 1. The predicted octanol–water partition coefficient (Wildman–Crippen LogP) is 2.25. The largest absolute Gasteiger partial charge is 0.383 e. The molecule has 0 unspecified atom stereocenters. The summed E-state index contributed by atoms with van der Waals surface area (Å²) in [7, 11) is 1.58. The lowest BCUT2D eigenvalue weighted by molar-refractivity contribution is -0.143. The van der Waals surface area contributed by atoms with E-state index in [1.54, 1.807) is 16.7 Å². The summed E-state index contributed by atoms with van der Waals surface area (Å²) in [5.41, 5.74) is 3.31. The van der Waals surface area contributed by atoms with Gasteiger partial charge in [0.05, 0.1) is 18.2 Å². The Labute approximate surface area is 199 Å². The average Bonchev–Trinajstić information content (AvgIpc) is 3.50. The lowest BCUT2D eigenvalue weighted by Crippen LogP contribution is -2.48. The molecule has 2 heterocycles. The Kier molecular flexibility index (Phi) is 7.87. The van der Waals surface area contributed by atoms with Gasteiger partial charge >= 0.3 is 0 Å². The summed E-state index contributed by atoms with van der Waals surface area (Å²) in [5.74, 6) is -0.477. The van der Waals surface area contributed by atoms with Crippen LogP contribution < -0.4 is 5.32 Å². The fraction of sp³-hybridized carbons (Fsp3) is 0.440. The van der Waals surface area contributed by atoms with Gasteiger partial charge in [-0.05, 0) is 37.5 Å². The number of carbonyl (C=O) groups excluding carboxylic acids is 2. The van der Waals surface area contributed by atoms with Crippen LogP contribution in [0.25, 0.3) is 11.0 Å². The number of fused-ring (bicyclic) bond motifs is 1. The van der Waals surface area contributed by atoms with Gasteiger partial charge in [-0.3, -0.25) is 9.59 Å². The van der Waals surface area contributed by atoms with E-state index < -0.39 is 6.04 Å². The lowest BCUT2D eigenvalue weighted by atomic mass is 10.0. The van der Waals surface area contributed by atoms with E-state index in [1.165, 1.54) is 0 Å². The normalized spacial score (nSPS) is 16.5. The van der Waals surface area contributed by atoms with E-state index in [0.717, 1.165) is 29.5 Å². The van der Waals surface area contributed by atoms with Crippen LogP contribution in [0.15, 0.2) is 48.5 Å². The van der Waals surface area contributed by atoms with Crippen molar-refractivity contribution in [3.05, 3.63) is 59.7 Å². The van der Waals surface area contributed by atoms with Crippen molar-refractivity contribution in [3.63, 3.8) is 0 Å². The van der Waals surface area contributed by atoms with Gasteiger partial charge in [-0.1, -0.05) is 47.2 Å². The fourth-order valence-corrected chi connectivity index (χ4v) is 4.21. The number of hydrogen-bond donors (Lipinski definition) is 1. The van der Waals surface area contributed by atoms with Crippen LogP contribution in [0.3, 0.4) is 0 Å². The zero-order valence-corrected chi connectivity index (χ0v) is 19.6. The second-order valence-corrected chi connectivity index (χ2v) is 8.51. The van der Waals surface area contributed by atoms with Gasteiger partial charge in [0, 0.05) is 26.8 Å². The van der Waals surface area contributed by atoms with Crippen LogP contribution >= 0.6 is 0 Å². The molecule has 0 saturated carbocycles. The second kappa shape index (κ2) is 11.2. The molecule has 0 spiro atoms. The monoisotopic (exact) mass is 465 g/mol. The van der Waals surface area contributed by atoms with Gasteiger partial charge in [0.15, 0.2) is 0 Å². The van der Waals surface area contributed by atoms with Gasteiger partial charge in [0.2, 0.25) is 11.8 Å². The summed E-state index contributed by atoms with van der Waals surface area (Å²) in [6, 6.07) is 14.4. The molecule has 1 aromatic heterocycles. The van der Waals surface area contributed by atoms with Gasteiger partial charge in [-0.25, -0.2) is 4.68 Å². The van der Waals surface area contributed by atoms with E-state index in [1.807, 2.05) is 55.5 Å². The molecule has 2 atom stereocenters. The van der Waals surface area contributed by atoms with Gasteiger partial charge in [-0.15, -0.1) is 5.10 Å². The Morgan fingerprint density at radius 1 is 1.24 bits per heavy atom. The minimum Gasteiger partial charge on any atom is -0.383 e. The molecule has 9 heteroatoms. The van der Waals surface area contributed by atoms with Crippen LogP contribution in [0.4, 0.5) is 0 Å². The van der Waals surface area contributed by atoms with Gasteiger partial charge in [0.25, 0.3) is 0 Å². The van der Waals surface area contributed by atoms with Crippen LogP contribution in [0, 0.1) is 6.92 Å². The van der Waals surface area contributed by atoms with Crippen LogP contribution in [0.1, 0.15) is 30.0 Å². The van der Waals surface area contributed by atoms with Crippen molar-refractivity contribution in [3.8, 4) is 0 Å². The molecule has 1 N–H and O–H groups in total. The van der Waals surface area contributed by atoms with Crippen molar-refractivity contribution in [2.45, 2.75) is 38.5 Å². The second-order valence-electron chi connectivity index (χ2n) is 8.51. The number of nitrogens with one attached hydrogen (secondary N) is 1. The molecular formula is C25H31N5O4. The lowest BCUT2D eigenvalue weighted by Gasteiger charge is -2.33. The molecule has 34 heavy (non-hydrogen) atoms. The SMILES string of the molecule is COCCNC(=O)[C@@H](c1ccc(C)cc1)N(C[C@H]1CCCO1)C(=O)Cn1nnc2ccccc21. The molecule has 1 fully saturated rings. The molecule has 1 saturated heterocycles. The molecular weight excluding hydrogens is 434 g/mol. The smallest absolute Gasteiger partial charge is 0.247 e. The minimum absolute atomic E-state index is 0.0268. The first-order valence-corrected chi connectivity index (χ1v) is 11.6. The number of carbonyl (C=O) groups is 2. The molecule has 2 aromatic carbocycles. The number of benzene rings is 2. The van der Waals surface area contributed by atoms with Crippen LogP contribution in [0.2, 0.25) is 0 Å². The molecule has 0 aliphatic carbocycles. The van der Waals surface area contributed by atoms with E-state index in [4.69, 9.17) is 9.47 Å². The third-order valence-corrected chi connectivity index (χ3v) is 6.01. The zero-order valence-electron chi connectivity index (χ0n) is 19.6. The number of hydrogen-bond acceptors (Lipinski definition) is 6. The van der Waals surface area contributed by atoms with Crippen molar-refractivity contribution in [1.29, 1.82) is 0 Å². The number of methoxy groups -OCH3 is 1. The van der Waals surface area contributed by atoms with E-state index in [-0.39, 0.29) is 24.5 Å². The van der Waals surface area contributed by atoms with Crippen LogP contribution in [0.5, 0.6) is 0 Å². The molecule has 9 nitrogen and oxygen atoms in total. The Balaban J connectivity index is 1.66. The minimum atomic E-state index is -0.802. The third-order valence-electron chi connectivity index (χ3n) is 6.01. The third kappa shape index (κ3) is 5.60. The maximum atomic E-state index is 13.7. The number of amides is 2. The van der Waals surface area contributed by atoms with E-state index in [2.05, 4.69) is 15.6 Å². The van der Waals surface area contributed by atoms with Crippen molar-refractivity contribution >= 4 is 22.8 Å². The molecule has 1 aliphatic rings. The Morgan fingerprint density at radius 3 is 2.76 bits per heavy atom. The molecule has 1 aliphatic heterocycles. The van der Waals surface area contributed by atoms with Crippen LogP contribution in [-0.2, 0) is 25.6 Å². The van der Waals surface area contributed by atoms with Gasteiger partial charge < -0.3 is 19.7 Å². The predicted molar refractivity (Wildman–Crippen MR) is 127 cm³/mol. The van der Waals surface area contributed by atoms with Crippen molar-refractivity contribution < 1.29 is 19.1 Å². The topological polar surface area (TPSA) is 98.6 Å². The van der Waals surface area contributed by atoms with E-state index >= 15 is 0 Å². The summed E-state index contributed by atoms with van der Waals surface area (Å²) in [6.45, 7) is 3.69. The Morgan fingerprint density at radius 2 is 2.03 bits per heavy atom. The maximum absolute atomic E-state index is 13.7. The number of rotatable bonds is 10. The van der Waals surface area contributed by atoms with Crippen molar-refractivity contribution in [2.24, 2.45) is 0 Å². The molecule has 3 aromatic rings. The fourth-order valence-electron chi connectivity index (χ4n) is 4.21. The highest BCUT2D eigenvalue weighted by molar-refractivity contribution is 5.89. The van der Waals surface area contributed by atoms with E-state index in [0.29, 0.717) is 31.8 Å². The maximum Gasteiger partial charge on any atom is 0.247 e. The van der Waals surface area contributed by atoms with Crippen molar-refractivity contribution in [1.82, 2.24) is 25.2 Å². The average molecular weight is 466 g/mol. The zero-order chi connectivity index (χ0) is 23.9. The first-order valence-electron chi connectivity index (χ1n) is 11.6. The van der Waals surface area contributed by atoms with E-state index in [9.17, 15) is 9.59 Å². The highest BCUT2D eigenvalue weighted by atomic mass is 16.5.